The van der Waals surface area contributed by atoms with Gasteiger partial charge in [0.1, 0.15) is 12.7 Å². The average Bonchev–Trinajstić information content (AvgIpc) is 2.63. The van der Waals surface area contributed by atoms with E-state index in [1.54, 1.807) is 0 Å². The van der Waals surface area contributed by atoms with E-state index in [4.69, 9.17) is 9.47 Å². The van der Waals surface area contributed by atoms with Gasteiger partial charge >= 0.3 is 0 Å². The molecular weight excluding hydrogens is 460 g/mol. The highest BCUT2D eigenvalue weighted by Gasteiger charge is 2.27. The SMILES string of the molecule is BrC1=CN(CC2CCN(C[C@H]3COc4ccc(Br)cc4O3)CC2)CC=C1. The minimum atomic E-state index is 0.111. The van der Waals surface area contributed by atoms with Crippen LogP contribution in [0.1, 0.15) is 12.8 Å². The minimum Gasteiger partial charge on any atom is -0.486 e. The van der Waals surface area contributed by atoms with Crippen LogP contribution in [0.4, 0.5) is 0 Å². The summed E-state index contributed by atoms with van der Waals surface area (Å²) in [5, 5.41) is 0. The van der Waals surface area contributed by atoms with Crippen molar-refractivity contribution in [2.75, 3.05) is 39.3 Å². The van der Waals surface area contributed by atoms with Gasteiger partial charge in [0.05, 0.1) is 0 Å². The first kappa shape index (κ1) is 18.4. The molecule has 1 aromatic carbocycles. The Labute approximate surface area is 172 Å². The summed E-state index contributed by atoms with van der Waals surface area (Å²) in [6.45, 7) is 6.04. The Kier molecular flexibility index (Phi) is 5.91. The van der Waals surface area contributed by atoms with Gasteiger partial charge in [-0.15, -0.1) is 0 Å². The molecule has 3 heterocycles. The first-order valence-corrected chi connectivity index (χ1v) is 10.8. The molecule has 3 aliphatic rings. The number of nitrogens with zero attached hydrogens (tertiary/aromatic N) is 2. The zero-order chi connectivity index (χ0) is 17.9. The lowest BCUT2D eigenvalue weighted by Crippen LogP contribution is -2.45. The third-order valence-corrected chi connectivity index (χ3v) is 6.17. The van der Waals surface area contributed by atoms with Crippen LogP contribution in [0.3, 0.4) is 0 Å². The van der Waals surface area contributed by atoms with Gasteiger partial charge in [-0.2, -0.15) is 0 Å². The third kappa shape index (κ3) is 4.65. The van der Waals surface area contributed by atoms with Crippen molar-refractivity contribution in [1.82, 2.24) is 9.80 Å². The zero-order valence-corrected chi connectivity index (χ0v) is 17.9. The fraction of sp³-hybridized carbons (Fsp3) is 0.500. The van der Waals surface area contributed by atoms with Gasteiger partial charge in [-0.05, 0) is 72.1 Å². The number of allylic oxidation sites excluding steroid dienone is 2. The second-order valence-corrected chi connectivity index (χ2v) is 9.09. The van der Waals surface area contributed by atoms with Crippen LogP contribution in [-0.4, -0.2) is 55.2 Å². The minimum absolute atomic E-state index is 0.111. The van der Waals surface area contributed by atoms with Crippen molar-refractivity contribution < 1.29 is 9.47 Å². The number of hydrogen-bond acceptors (Lipinski definition) is 4. The molecule has 1 atom stereocenters. The molecule has 4 nitrogen and oxygen atoms in total. The van der Waals surface area contributed by atoms with Crippen molar-refractivity contribution in [2.45, 2.75) is 18.9 Å². The van der Waals surface area contributed by atoms with Gasteiger partial charge in [-0.3, -0.25) is 4.90 Å². The molecule has 0 radical (unpaired) electrons. The van der Waals surface area contributed by atoms with Gasteiger partial charge in [0.25, 0.3) is 0 Å². The first-order chi connectivity index (χ1) is 12.7. The topological polar surface area (TPSA) is 24.9 Å². The number of ether oxygens (including phenoxy) is 2. The molecule has 0 N–H and O–H groups in total. The van der Waals surface area contributed by atoms with Crippen molar-refractivity contribution in [3.63, 3.8) is 0 Å². The van der Waals surface area contributed by atoms with E-state index in [0.29, 0.717) is 6.61 Å². The van der Waals surface area contributed by atoms with E-state index in [0.717, 1.165) is 54.6 Å². The summed E-state index contributed by atoms with van der Waals surface area (Å²) >= 11 is 7.07. The average molecular weight is 484 g/mol. The molecular formula is C20H24Br2N2O2. The summed E-state index contributed by atoms with van der Waals surface area (Å²) in [5.74, 6) is 2.47. The van der Waals surface area contributed by atoms with Crippen LogP contribution in [0.15, 0.2) is 45.5 Å². The quantitative estimate of drug-likeness (QED) is 0.633. The Bertz CT molecular complexity index is 699. The van der Waals surface area contributed by atoms with Crippen LogP contribution >= 0.6 is 31.9 Å². The summed E-state index contributed by atoms with van der Waals surface area (Å²) in [5.41, 5.74) is 0. The molecule has 0 aromatic heterocycles. The maximum Gasteiger partial charge on any atom is 0.162 e. The van der Waals surface area contributed by atoms with Gasteiger partial charge in [0, 0.05) is 34.8 Å². The molecule has 140 valence electrons. The van der Waals surface area contributed by atoms with E-state index < -0.39 is 0 Å². The van der Waals surface area contributed by atoms with E-state index in [-0.39, 0.29) is 6.10 Å². The van der Waals surface area contributed by atoms with Gasteiger partial charge in [0.2, 0.25) is 0 Å². The lowest BCUT2D eigenvalue weighted by molar-refractivity contribution is 0.0461. The molecule has 0 unspecified atom stereocenters. The first-order valence-electron chi connectivity index (χ1n) is 9.25. The Morgan fingerprint density at radius 3 is 2.73 bits per heavy atom. The number of piperidine rings is 1. The van der Waals surface area contributed by atoms with Crippen LogP contribution in [0.2, 0.25) is 0 Å². The highest BCUT2D eigenvalue weighted by Crippen LogP contribution is 2.34. The predicted octanol–water partition coefficient (Wildman–Crippen LogP) is 4.41. The molecule has 0 spiro atoms. The van der Waals surface area contributed by atoms with Crippen molar-refractivity contribution in [2.24, 2.45) is 5.92 Å². The van der Waals surface area contributed by atoms with Crippen molar-refractivity contribution in [3.05, 3.63) is 45.5 Å². The standard InChI is InChI=1S/C20H24Br2N2O2/c21-16-3-4-19-20(10-16)26-18(14-25-19)13-23-8-5-15(6-9-23)11-24-7-1-2-17(22)12-24/h1-4,10,12,15,18H,5-9,11,13-14H2/t18-/m0/s1. The van der Waals surface area contributed by atoms with Crippen LogP contribution in [-0.2, 0) is 0 Å². The molecule has 1 aromatic rings. The van der Waals surface area contributed by atoms with Crippen molar-refractivity contribution in [3.8, 4) is 11.5 Å². The van der Waals surface area contributed by atoms with Gasteiger partial charge in [0.15, 0.2) is 11.5 Å². The molecule has 3 aliphatic heterocycles. The normalized spacial score (nSPS) is 23.8. The number of halogens is 2. The summed E-state index contributed by atoms with van der Waals surface area (Å²) in [6.07, 6.45) is 9.18. The lowest BCUT2D eigenvalue weighted by Gasteiger charge is -2.37. The Morgan fingerprint density at radius 2 is 1.92 bits per heavy atom. The number of benzene rings is 1. The molecule has 0 amide bonds. The predicted molar refractivity (Wildman–Crippen MR) is 111 cm³/mol. The second-order valence-electron chi connectivity index (χ2n) is 7.26. The zero-order valence-electron chi connectivity index (χ0n) is 14.7. The van der Waals surface area contributed by atoms with Crippen molar-refractivity contribution in [1.29, 1.82) is 0 Å². The van der Waals surface area contributed by atoms with Crippen LogP contribution in [0.5, 0.6) is 11.5 Å². The third-order valence-electron chi connectivity index (χ3n) is 5.21. The molecule has 1 saturated heterocycles. The highest BCUT2D eigenvalue weighted by molar-refractivity contribution is 9.12. The molecule has 0 saturated carbocycles. The van der Waals surface area contributed by atoms with Gasteiger partial charge in [-0.1, -0.05) is 22.0 Å². The van der Waals surface area contributed by atoms with E-state index in [1.807, 2.05) is 18.2 Å². The summed E-state index contributed by atoms with van der Waals surface area (Å²) < 4.78 is 14.2. The molecule has 4 rings (SSSR count). The van der Waals surface area contributed by atoms with E-state index in [9.17, 15) is 0 Å². The Morgan fingerprint density at radius 1 is 1.08 bits per heavy atom. The second kappa shape index (κ2) is 8.36. The highest BCUT2D eigenvalue weighted by atomic mass is 79.9. The summed E-state index contributed by atoms with van der Waals surface area (Å²) in [4.78, 5) is 4.94. The molecule has 0 bridgehead atoms. The Balaban J connectivity index is 1.24. The van der Waals surface area contributed by atoms with Crippen molar-refractivity contribution >= 4 is 31.9 Å². The largest absolute Gasteiger partial charge is 0.486 e. The summed E-state index contributed by atoms with van der Waals surface area (Å²) in [6, 6.07) is 5.94. The smallest absolute Gasteiger partial charge is 0.162 e. The molecule has 6 heteroatoms. The number of rotatable bonds is 4. The molecule has 1 fully saturated rings. The van der Waals surface area contributed by atoms with E-state index >= 15 is 0 Å². The maximum atomic E-state index is 6.15. The van der Waals surface area contributed by atoms with Crippen LogP contribution < -0.4 is 9.47 Å². The van der Waals surface area contributed by atoms with E-state index in [2.05, 4.69) is 60.0 Å². The maximum absolute atomic E-state index is 6.15. The van der Waals surface area contributed by atoms with Gasteiger partial charge in [-0.25, -0.2) is 0 Å². The Hall–Kier alpha value is -0.980. The van der Waals surface area contributed by atoms with Crippen LogP contribution in [0, 0.1) is 5.92 Å². The number of likely N-dealkylation sites (tertiary alicyclic amines) is 1. The molecule has 26 heavy (non-hydrogen) atoms. The number of hydrogen-bond donors (Lipinski definition) is 0. The van der Waals surface area contributed by atoms with E-state index in [1.165, 1.54) is 17.3 Å². The lowest BCUT2D eigenvalue weighted by atomic mass is 9.96. The van der Waals surface area contributed by atoms with Crippen LogP contribution in [0.25, 0.3) is 0 Å². The fourth-order valence-electron chi connectivity index (χ4n) is 3.85. The molecule has 0 aliphatic carbocycles. The monoisotopic (exact) mass is 482 g/mol. The number of fused-ring (bicyclic) bond motifs is 1. The van der Waals surface area contributed by atoms with Gasteiger partial charge < -0.3 is 14.4 Å². The summed E-state index contributed by atoms with van der Waals surface area (Å²) in [7, 11) is 0. The fourth-order valence-corrected chi connectivity index (χ4v) is 4.67.